The molecule has 1 fully saturated rings. The van der Waals surface area contributed by atoms with Crippen LogP contribution in [0.3, 0.4) is 0 Å². The van der Waals surface area contributed by atoms with E-state index in [4.69, 9.17) is 6.42 Å². The Kier molecular flexibility index (Phi) is 4.23. The molecular weight excluding hydrogens is 262 g/mol. The molecule has 1 aromatic rings. The molecule has 2 aliphatic heterocycles. The number of nitrogens with one attached hydrogen (secondary N) is 1. The van der Waals surface area contributed by atoms with E-state index in [1.54, 1.807) is 0 Å². The summed E-state index contributed by atoms with van der Waals surface area (Å²) in [6.45, 7) is 5.57. The van der Waals surface area contributed by atoms with E-state index in [2.05, 4.69) is 28.3 Å². The van der Waals surface area contributed by atoms with Crippen LogP contribution in [0.15, 0.2) is 24.3 Å². The highest BCUT2D eigenvalue weighted by atomic mass is 16.2. The number of carbonyl (C=O) groups is 1. The van der Waals surface area contributed by atoms with E-state index in [0.29, 0.717) is 6.54 Å². The number of hydrogen-bond acceptors (Lipinski definition) is 3. The molecule has 0 radical (unpaired) electrons. The summed E-state index contributed by atoms with van der Waals surface area (Å²) < 4.78 is 0. The standard InChI is InChI=1S/C17H21N3O/c1-2-7-19-8-10-20(11-9-19)17(21)16-13-18-12-14-5-3-4-6-15(14)16/h1,3-6,16,18H,7-13H2. The zero-order valence-electron chi connectivity index (χ0n) is 12.2. The molecule has 0 aliphatic carbocycles. The number of terminal acetylenes is 1. The third-order valence-electron chi connectivity index (χ3n) is 4.39. The lowest BCUT2D eigenvalue weighted by molar-refractivity contribution is -0.134. The highest BCUT2D eigenvalue weighted by Gasteiger charge is 2.31. The van der Waals surface area contributed by atoms with Gasteiger partial charge in [-0.05, 0) is 11.1 Å². The minimum absolute atomic E-state index is 0.0471. The van der Waals surface area contributed by atoms with Crippen LogP contribution in [0.25, 0.3) is 0 Å². The molecule has 3 rings (SSSR count). The molecular formula is C17H21N3O. The van der Waals surface area contributed by atoms with Crippen molar-refractivity contribution >= 4 is 5.91 Å². The summed E-state index contributed by atoms with van der Waals surface area (Å²) in [6.07, 6.45) is 5.34. The van der Waals surface area contributed by atoms with Gasteiger partial charge in [0.2, 0.25) is 5.91 Å². The van der Waals surface area contributed by atoms with Gasteiger partial charge in [-0.3, -0.25) is 9.69 Å². The lowest BCUT2D eigenvalue weighted by Gasteiger charge is -2.37. The Labute approximate surface area is 126 Å². The van der Waals surface area contributed by atoms with Crippen molar-refractivity contribution in [1.82, 2.24) is 15.1 Å². The quantitative estimate of drug-likeness (QED) is 0.810. The maximum atomic E-state index is 12.8. The van der Waals surface area contributed by atoms with Crippen LogP contribution in [-0.2, 0) is 11.3 Å². The predicted molar refractivity (Wildman–Crippen MR) is 82.7 cm³/mol. The zero-order valence-corrected chi connectivity index (χ0v) is 12.2. The van der Waals surface area contributed by atoms with Crippen molar-refractivity contribution in [2.45, 2.75) is 12.5 Å². The summed E-state index contributed by atoms with van der Waals surface area (Å²) in [5.74, 6) is 2.87. The van der Waals surface area contributed by atoms with Gasteiger partial charge in [0.15, 0.2) is 0 Å². The van der Waals surface area contributed by atoms with E-state index in [0.717, 1.165) is 39.3 Å². The van der Waals surface area contributed by atoms with Crippen molar-refractivity contribution < 1.29 is 4.79 Å². The van der Waals surface area contributed by atoms with Crippen LogP contribution in [0.2, 0.25) is 0 Å². The molecule has 110 valence electrons. The van der Waals surface area contributed by atoms with E-state index in [1.165, 1.54) is 11.1 Å². The Morgan fingerprint density at radius 3 is 2.81 bits per heavy atom. The molecule has 21 heavy (non-hydrogen) atoms. The van der Waals surface area contributed by atoms with Crippen molar-refractivity contribution in [3.8, 4) is 12.3 Å². The number of amides is 1. The molecule has 0 bridgehead atoms. The lowest BCUT2D eigenvalue weighted by atomic mass is 9.89. The number of hydrogen-bond donors (Lipinski definition) is 1. The number of piperazine rings is 1. The Morgan fingerprint density at radius 1 is 1.29 bits per heavy atom. The van der Waals surface area contributed by atoms with Gasteiger partial charge in [-0.2, -0.15) is 0 Å². The molecule has 2 heterocycles. The Bertz CT molecular complexity index is 555. The average molecular weight is 283 g/mol. The number of fused-ring (bicyclic) bond motifs is 1. The van der Waals surface area contributed by atoms with Gasteiger partial charge in [-0.25, -0.2) is 0 Å². The number of carbonyl (C=O) groups excluding carboxylic acids is 1. The molecule has 0 aromatic heterocycles. The first-order chi connectivity index (χ1) is 10.3. The summed E-state index contributed by atoms with van der Waals surface area (Å²) in [7, 11) is 0. The van der Waals surface area contributed by atoms with Crippen LogP contribution < -0.4 is 5.32 Å². The van der Waals surface area contributed by atoms with Crippen LogP contribution in [0.5, 0.6) is 0 Å². The fourth-order valence-electron chi connectivity index (χ4n) is 3.19. The molecule has 4 nitrogen and oxygen atoms in total. The molecule has 1 unspecified atom stereocenters. The monoisotopic (exact) mass is 283 g/mol. The van der Waals surface area contributed by atoms with Crippen molar-refractivity contribution in [2.75, 3.05) is 39.3 Å². The number of benzene rings is 1. The normalized spacial score (nSPS) is 22.4. The molecule has 1 saturated heterocycles. The predicted octanol–water partition coefficient (Wildman–Crippen LogP) is 0.651. The van der Waals surface area contributed by atoms with Crippen LogP contribution in [0.4, 0.5) is 0 Å². The minimum Gasteiger partial charge on any atom is -0.340 e. The molecule has 4 heteroatoms. The Morgan fingerprint density at radius 2 is 2.05 bits per heavy atom. The summed E-state index contributed by atoms with van der Waals surface area (Å²) in [5.41, 5.74) is 2.43. The van der Waals surface area contributed by atoms with Gasteiger partial charge in [0.1, 0.15) is 0 Å². The molecule has 1 N–H and O–H groups in total. The van der Waals surface area contributed by atoms with Crippen molar-refractivity contribution in [2.24, 2.45) is 0 Å². The number of rotatable bonds is 2. The number of nitrogens with zero attached hydrogens (tertiary/aromatic N) is 2. The van der Waals surface area contributed by atoms with E-state index >= 15 is 0 Å². The minimum atomic E-state index is -0.0471. The van der Waals surface area contributed by atoms with Crippen LogP contribution >= 0.6 is 0 Å². The van der Waals surface area contributed by atoms with Crippen LogP contribution in [-0.4, -0.2) is 55.0 Å². The SMILES string of the molecule is C#CCN1CCN(C(=O)C2CNCc3ccccc32)CC1. The summed E-state index contributed by atoms with van der Waals surface area (Å²) in [6, 6.07) is 8.25. The summed E-state index contributed by atoms with van der Waals surface area (Å²) in [4.78, 5) is 17.0. The second-order valence-electron chi connectivity index (χ2n) is 5.69. The molecule has 1 amide bonds. The van der Waals surface area contributed by atoms with Crippen molar-refractivity contribution in [3.63, 3.8) is 0 Å². The first-order valence-electron chi connectivity index (χ1n) is 7.52. The lowest BCUT2D eigenvalue weighted by Crippen LogP contribution is -2.51. The van der Waals surface area contributed by atoms with E-state index in [9.17, 15) is 4.79 Å². The van der Waals surface area contributed by atoms with E-state index in [1.807, 2.05) is 17.0 Å². The topological polar surface area (TPSA) is 35.6 Å². The van der Waals surface area contributed by atoms with Gasteiger partial charge in [-0.15, -0.1) is 6.42 Å². The highest BCUT2D eigenvalue weighted by Crippen LogP contribution is 2.26. The summed E-state index contributed by atoms with van der Waals surface area (Å²) in [5, 5.41) is 3.36. The third-order valence-corrected chi connectivity index (χ3v) is 4.39. The molecule has 1 aromatic carbocycles. The fourth-order valence-corrected chi connectivity index (χ4v) is 3.19. The largest absolute Gasteiger partial charge is 0.340 e. The molecule has 1 atom stereocenters. The van der Waals surface area contributed by atoms with Gasteiger partial charge in [0.25, 0.3) is 0 Å². The maximum Gasteiger partial charge on any atom is 0.231 e. The van der Waals surface area contributed by atoms with Crippen LogP contribution in [0, 0.1) is 12.3 Å². The summed E-state index contributed by atoms with van der Waals surface area (Å²) >= 11 is 0. The zero-order chi connectivity index (χ0) is 14.7. The van der Waals surface area contributed by atoms with E-state index in [-0.39, 0.29) is 11.8 Å². The molecule has 2 aliphatic rings. The van der Waals surface area contributed by atoms with Gasteiger partial charge >= 0.3 is 0 Å². The fraction of sp³-hybridized carbons (Fsp3) is 0.471. The Hall–Kier alpha value is -1.83. The van der Waals surface area contributed by atoms with Gasteiger partial charge in [0, 0.05) is 39.3 Å². The van der Waals surface area contributed by atoms with Crippen LogP contribution in [0.1, 0.15) is 17.0 Å². The maximum absolute atomic E-state index is 12.8. The van der Waals surface area contributed by atoms with Crippen molar-refractivity contribution in [3.05, 3.63) is 35.4 Å². The molecule has 0 saturated carbocycles. The highest BCUT2D eigenvalue weighted by molar-refractivity contribution is 5.85. The first-order valence-corrected chi connectivity index (χ1v) is 7.52. The second-order valence-corrected chi connectivity index (χ2v) is 5.69. The van der Waals surface area contributed by atoms with Crippen molar-refractivity contribution in [1.29, 1.82) is 0 Å². The van der Waals surface area contributed by atoms with E-state index < -0.39 is 0 Å². The smallest absolute Gasteiger partial charge is 0.231 e. The first kappa shape index (κ1) is 14.1. The molecule has 0 spiro atoms. The average Bonchev–Trinajstić information content (AvgIpc) is 2.55. The van der Waals surface area contributed by atoms with Gasteiger partial charge in [-0.1, -0.05) is 30.2 Å². The van der Waals surface area contributed by atoms with Gasteiger partial charge < -0.3 is 10.2 Å². The Balaban J connectivity index is 1.69. The third kappa shape index (κ3) is 2.94. The van der Waals surface area contributed by atoms with Gasteiger partial charge in [0.05, 0.1) is 12.5 Å². The second kappa shape index (κ2) is 6.30.